The van der Waals surface area contributed by atoms with Crippen molar-refractivity contribution in [3.63, 3.8) is 0 Å². The van der Waals surface area contributed by atoms with E-state index in [1.165, 1.54) is 18.5 Å². The molecule has 1 aromatic carbocycles. The molecule has 2 aromatic rings. The molecule has 0 aliphatic carbocycles. The van der Waals surface area contributed by atoms with Gasteiger partial charge >= 0.3 is 0 Å². The van der Waals surface area contributed by atoms with Gasteiger partial charge in [0.05, 0.1) is 12.7 Å². The number of benzene rings is 1. The molecule has 1 aliphatic rings. The van der Waals surface area contributed by atoms with Crippen LogP contribution in [-0.4, -0.2) is 53.2 Å². The summed E-state index contributed by atoms with van der Waals surface area (Å²) in [6.07, 6.45) is 4.77. The van der Waals surface area contributed by atoms with Crippen LogP contribution >= 0.6 is 0 Å². The quantitative estimate of drug-likeness (QED) is 0.799. The molecule has 1 atom stereocenters. The Bertz CT molecular complexity index is 699. The summed E-state index contributed by atoms with van der Waals surface area (Å²) in [7, 11) is 0. The van der Waals surface area contributed by atoms with Crippen molar-refractivity contribution in [2.24, 2.45) is 0 Å². The summed E-state index contributed by atoms with van der Waals surface area (Å²) in [5.41, 5.74) is 0.955. The molecule has 3 rings (SSSR count). The number of nitrogens with zero attached hydrogens (tertiary/aromatic N) is 3. The van der Waals surface area contributed by atoms with Crippen LogP contribution in [0.4, 0.5) is 4.39 Å². The number of aromatic nitrogens is 2. The number of ether oxygens (including phenoxy) is 2. The highest BCUT2D eigenvalue weighted by molar-refractivity contribution is 5.77. The lowest BCUT2D eigenvalue weighted by atomic mass is 10.1. The fourth-order valence-electron chi connectivity index (χ4n) is 2.69. The molecule has 1 fully saturated rings. The minimum atomic E-state index is -0.388. The number of halogens is 1. The van der Waals surface area contributed by atoms with Gasteiger partial charge in [0.25, 0.3) is 5.91 Å². The zero-order valence-corrected chi connectivity index (χ0v) is 13.8. The van der Waals surface area contributed by atoms with Gasteiger partial charge in [-0.1, -0.05) is 6.07 Å². The maximum atomic E-state index is 13.1. The normalized spacial score (nSPS) is 17.3. The van der Waals surface area contributed by atoms with Gasteiger partial charge < -0.3 is 14.4 Å². The van der Waals surface area contributed by atoms with Crippen LogP contribution in [0.25, 0.3) is 0 Å². The van der Waals surface area contributed by atoms with E-state index in [0.29, 0.717) is 25.4 Å². The van der Waals surface area contributed by atoms with Crippen molar-refractivity contribution in [1.29, 1.82) is 0 Å². The summed E-state index contributed by atoms with van der Waals surface area (Å²) in [5, 5.41) is 0. The van der Waals surface area contributed by atoms with Crippen LogP contribution in [0.5, 0.6) is 5.75 Å². The topological polar surface area (TPSA) is 64.5 Å². The SMILES string of the molecule is O=C(COc1cccc(F)c1)N1CCO[C@@H](CCc2ccncn2)C1. The molecule has 1 amide bonds. The Hall–Kier alpha value is -2.54. The molecule has 6 nitrogen and oxygen atoms in total. The van der Waals surface area contributed by atoms with Gasteiger partial charge in [-0.3, -0.25) is 4.79 Å². The molecule has 25 heavy (non-hydrogen) atoms. The Morgan fingerprint density at radius 3 is 3.12 bits per heavy atom. The van der Waals surface area contributed by atoms with Crippen molar-refractivity contribution >= 4 is 5.91 Å². The van der Waals surface area contributed by atoms with E-state index in [-0.39, 0.29) is 24.4 Å². The smallest absolute Gasteiger partial charge is 0.260 e. The molecule has 1 aromatic heterocycles. The summed E-state index contributed by atoms with van der Waals surface area (Å²) in [4.78, 5) is 22.1. The number of amides is 1. The third kappa shape index (κ3) is 5.22. The van der Waals surface area contributed by atoms with Crippen LogP contribution in [0, 0.1) is 5.82 Å². The first-order chi connectivity index (χ1) is 12.2. The van der Waals surface area contributed by atoms with Gasteiger partial charge in [-0.2, -0.15) is 0 Å². The molecular weight excluding hydrogens is 325 g/mol. The van der Waals surface area contributed by atoms with Crippen molar-refractivity contribution in [1.82, 2.24) is 14.9 Å². The second kappa shape index (κ2) is 8.53. The Kier molecular flexibility index (Phi) is 5.90. The second-order valence-corrected chi connectivity index (χ2v) is 5.82. The van der Waals surface area contributed by atoms with Crippen LogP contribution in [0.2, 0.25) is 0 Å². The summed E-state index contributed by atoms with van der Waals surface area (Å²) < 4.78 is 24.2. The average molecular weight is 345 g/mol. The predicted molar refractivity (Wildman–Crippen MR) is 88.6 cm³/mol. The van der Waals surface area contributed by atoms with Crippen molar-refractivity contribution in [2.45, 2.75) is 18.9 Å². The van der Waals surface area contributed by atoms with E-state index in [1.807, 2.05) is 6.07 Å². The van der Waals surface area contributed by atoms with E-state index in [1.54, 1.807) is 23.2 Å². The van der Waals surface area contributed by atoms with Gasteiger partial charge in [-0.25, -0.2) is 14.4 Å². The summed E-state index contributed by atoms with van der Waals surface area (Å²) in [6, 6.07) is 7.64. The van der Waals surface area contributed by atoms with E-state index < -0.39 is 0 Å². The van der Waals surface area contributed by atoms with Crippen LogP contribution in [0.1, 0.15) is 12.1 Å². The van der Waals surface area contributed by atoms with Gasteiger partial charge in [0.2, 0.25) is 0 Å². The van der Waals surface area contributed by atoms with E-state index in [9.17, 15) is 9.18 Å². The maximum absolute atomic E-state index is 13.1. The second-order valence-electron chi connectivity index (χ2n) is 5.82. The molecule has 1 saturated heterocycles. The highest BCUT2D eigenvalue weighted by atomic mass is 19.1. The zero-order valence-electron chi connectivity index (χ0n) is 13.8. The van der Waals surface area contributed by atoms with Crippen molar-refractivity contribution in [2.75, 3.05) is 26.3 Å². The Labute approximate surface area is 145 Å². The number of morpholine rings is 1. The monoisotopic (exact) mass is 345 g/mol. The van der Waals surface area contributed by atoms with E-state index in [4.69, 9.17) is 9.47 Å². The van der Waals surface area contributed by atoms with Gasteiger partial charge in [-0.15, -0.1) is 0 Å². The molecule has 0 spiro atoms. The van der Waals surface area contributed by atoms with Crippen LogP contribution in [0.15, 0.2) is 42.9 Å². The molecule has 0 bridgehead atoms. The predicted octanol–water partition coefficient (Wildman–Crippen LogP) is 1.85. The standard InChI is InChI=1S/C18H20FN3O3/c19-14-2-1-3-16(10-14)25-12-18(23)22-8-9-24-17(11-22)5-4-15-6-7-20-13-21-15/h1-3,6-7,10,13,17H,4-5,8-9,11-12H2/t17-/m0/s1. The number of carbonyl (C=O) groups is 1. The molecule has 132 valence electrons. The Morgan fingerprint density at radius 2 is 2.32 bits per heavy atom. The van der Waals surface area contributed by atoms with Crippen molar-refractivity contribution in [3.8, 4) is 5.75 Å². The molecule has 0 N–H and O–H groups in total. The van der Waals surface area contributed by atoms with Crippen molar-refractivity contribution < 1.29 is 18.7 Å². The lowest BCUT2D eigenvalue weighted by molar-refractivity contribution is -0.141. The van der Waals surface area contributed by atoms with Crippen molar-refractivity contribution in [3.05, 3.63) is 54.4 Å². The molecule has 7 heteroatoms. The first kappa shape index (κ1) is 17.3. The van der Waals surface area contributed by atoms with E-state index >= 15 is 0 Å². The summed E-state index contributed by atoms with van der Waals surface area (Å²) in [6.45, 7) is 1.45. The van der Waals surface area contributed by atoms with Gasteiger partial charge in [0.15, 0.2) is 6.61 Å². The average Bonchev–Trinajstić information content (AvgIpc) is 2.65. The van der Waals surface area contributed by atoms with Crippen LogP contribution in [0.3, 0.4) is 0 Å². The zero-order chi connectivity index (χ0) is 17.5. The number of rotatable bonds is 6. The number of aryl methyl sites for hydroxylation is 1. The Balaban J connectivity index is 1.46. The largest absolute Gasteiger partial charge is 0.484 e. The molecule has 0 saturated carbocycles. The maximum Gasteiger partial charge on any atom is 0.260 e. The fraction of sp³-hybridized carbons (Fsp3) is 0.389. The van der Waals surface area contributed by atoms with Crippen LogP contribution < -0.4 is 4.74 Å². The van der Waals surface area contributed by atoms with Gasteiger partial charge in [0, 0.05) is 31.0 Å². The molecule has 0 unspecified atom stereocenters. The summed E-state index contributed by atoms with van der Waals surface area (Å²) in [5.74, 6) is -0.164. The van der Waals surface area contributed by atoms with E-state index in [0.717, 1.165) is 18.5 Å². The lowest BCUT2D eigenvalue weighted by Gasteiger charge is -2.33. The summed E-state index contributed by atoms with van der Waals surface area (Å²) >= 11 is 0. The molecule has 2 heterocycles. The van der Waals surface area contributed by atoms with E-state index in [2.05, 4.69) is 9.97 Å². The number of hydrogen-bond acceptors (Lipinski definition) is 5. The first-order valence-corrected chi connectivity index (χ1v) is 8.23. The third-order valence-corrected chi connectivity index (χ3v) is 4.02. The van der Waals surface area contributed by atoms with Crippen LogP contribution in [-0.2, 0) is 16.0 Å². The third-order valence-electron chi connectivity index (χ3n) is 4.02. The Morgan fingerprint density at radius 1 is 1.40 bits per heavy atom. The number of hydrogen-bond donors (Lipinski definition) is 0. The first-order valence-electron chi connectivity index (χ1n) is 8.23. The highest BCUT2D eigenvalue weighted by Crippen LogP contribution is 2.14. The fourth-order valence-corrected chi connectivity index (χ4v) is 2.69. The molecule has 1 aliphatic heterocycles. The lowest BCUT2D eigenvalue weighted by Crippen LogP contribution is -2.47. The highest BCUT2D eigenvalue weighted by Gasteiger charge is 2.24. The minimum absolute atomic E-state index is 0.0261. The van der Waals surface area contributed by atoms with Gasteiger partial charge in [-0.05, 0) is 31.0 Å². The van der Waals surface area contributed by atoms with Gasteiger partial charge in [0.1, 0.15) is 17.9 Å². The minimum Gasteiger partial charge on any atom is -0.484 e. The molecular formula is C18H20FN3O3. The number of carbonyl (C=O) groups excluding carboxylic acids is 1. The molecule has 0 radical (unpaired) electrons.